The third-order valence-corrected chi connectivity index (χ3v) is 8.03. The van der Waals surface area contributed by atoms with Gasteiger partial charge in [-0.25, -0.2) is 0 Å². The molecular weight excluding hydrogens is 474 g/mol. The number of fused-ring (bicyclic) bond motifs is 3. The molecule has 1 saturated heterocycles. The van der Waals surface area contributed by atoms with Crippen molar-refractivity contribution in [1.82, 2.24) is 14.8 Å². The van der Waals surface area contributed by atoms with Crippen LogP contribution in [0.5, 0.6) is 0 Å². The van der Waals surface area contributed by atoms with Gasteiger partial charge in [0, 0.05) is 48.2 Å². The quantitative estimate of drug-likeness (QED) is 0.648. The van der Waals surface area contributed by atoms with Crippen molar-refractivity contribution in [2.45, 2.75) is 39.7 Å². The number of hydrogen-bond donors (Lipinski definition) is 1. The molecule has 0 saturated carbocycles. The van der Waals surface area contributed by atoms with Crippen LogP contribution in [-0.2, 0) is 20.8 Å². The molecular formula is C28H35N3O4S. The van der Waals surface area contributed by atoms with E-state index in [0.29, 0.717) is 49.9 Å². The highest BCUT2D eigenvalue weighted by atomic mass is 32.1. The Morgan fingerprint density at radius 3 is 2.64 bits per heavy atom. The van der Waals surface area contributed by atoms with Gasteiger partial charge in [0.1, 0.15) is 11.5 Å². The van der Waals surface area contributed by atoms with E-state index >= 15 is 0 Å². The van der Waals surface area contributed by atoms with Gasteiger partial charge in [-0.2, -0.15) is 0 Å². The number of ether oxygens (including phenoxy) is 2. The van der Waals surface area contributed by atoms with Gasteiger partial charge in [-0.3, -0.25) is 9.59 Å². The number of hydrogen-bond acceptors (Lipinski definition) is 5. The fraction of sp³-hybridized carbons (Fsp3) is 0.500. The van der Waals surface area contributed by atoms with Gasteiger partial charge < -0.3 is 24.3 Å². The van der Waals surface area contributed by atoms with Crippen LogP contribution in [0.25, 0.3) is 10.4 Å². The minimum absolute atomic E-state index is 0.00311. The molecule has 1 aliphatic carbocycles. The zero-order chi connectivity index (χ0) is 25.4. The zero-order valence-corrected chi connectivity index (χ0v) is 22.3. The number of carbonyl (C=O) groups excluding carboxylic acids is 2. The van der Waals surface area contributed by atoms with Crippen molar-refractivity contribution in [2.24, 2.45) is 11.3 Å². The molecule has 1 fully saturated rings. The molecule has 4 heterocycles. The molecule has 2 aromatic heterocycles. The Bertz CT molecular complexity index is 1200. The van der Waals surface area contributed by atoms with Crippen molar-refractivity contribution in [3.63, 3.8) is 0 Å². The Morgan fingerprint density at radius 1 is 1.19 bits per heavy atom. The summed E-state index contributed by atoms with van der Waals surface area (Å²) in [6, 6.07) is 6.18. The molecule has 2 aromatic rings. The summed E-state index contributed by atoms with van der Waals surface area (Å²) in [6.07, 6.45) is 5.07. The van der Waals surface area contributed by atoms with Crippen molar-refractivity contribution >= 4 is 23.2 Å². The first-order valence-corrected chi connectivity index (χ1v) is 13.6. The van der Waals surface area contributed by atoms with E-state index in [0.717, 1.165) is 29.1 Å². The Balaban J connectivity index is 1.57. The Morgan fingerprint density at radius 2 is 1.97 bits per heavy atom. The highest BCUT2D eigenvalue weighted by Gasteiger charge is 2.38. The minimum Gasteiger partial charge on any atom is -0.496 e. The Kier molecular flexibility index (Phi) is 6.83. The second-order valence-electron chi connectivity index (χ2n) is 10.9. The lowest BCUT2D eigenvalue weighted by Crippen LogP contribution is -2.42. The summed E-state index contributed by atoms with van der Waals surface area (Å²) >= 11 is 1.67. The van der Waals surface area contributed by atoms with E-state index in [4.69, 9.17) is 9.47 Å². The lowest BCUT2D eigenvalue weighted by atomic mass is 9.77. The number of nitrogens with zero attached hydrogens (tertiary/aromatic N) is 2. The van der Waals surface area contributed by atoms with Crippen molar-refractivity contribution in [3.05, 3.63) is 58.5 Å². The molecule has 2 unspecified atom stereocenters. The van der Waals surface area contributed by atoms with E-state index < -0.39 is 0 Å². The second-order valence-corrected chi connectivity index (χ2v) is 11.8. The summed E-state index contributed by atoms with van der Waals surface area (Å²) in [5, 5.41) is 5.19. The Hall–Kier alpha value is -2.84. The van der Waals surface area contributed by atoms with E-state index in [2.05, 4.69) is 54.3 Å². The highest BCUT2D eigenvalue weighted by Crippen LogP contribution is 2.46. The number of aromatic nitrogens is 1. The van der Waals surface area contributed by atoms with Crippen LogP contribution in [0, 0.1) is 11.3 Å². The molecule has 2 aliphatic heterocycles. The summed E-state index contributed by atoms with van der Waals surface area (Å²) in [5.41, 5.74) is 3.47. The highest BCUT2D eigenvalue weighted by molar-refractivity contribution is 7.13. The summed E-state index contributed by atoms with van der Waals surface area (Å²) in [7, 11) is 1.63. The van der Waals surface area contributed by atoms with Crippen molar-refractivity contribution in [2.75, 3.05) is 40.0 Å². The molecule has 2 atom stereocenters. The summed E-state index contributed by atoms with van der Waals surface area (Å²) in [4.78, 5) is 29.8. The monoisotopic (exact) mass is 509 g/mol. The number of allylic oxidation sites excluding steroid dienone is 2. The maximum Gasteiger partial charge on any atom is 0.267 e. The van der Waals surface area contributed by atoms with Crippen LogP contribution in [0.2, 0.25) is 0 Å². The molecule has 36 heavy (non-hydrogen) atoms. The average molecular weight is 510 g/mol. The van der Waals surface area contributed by atoms with Crippen LogP contribution in [0.3, 0.4) is 0 Å². The van der Waals surface area contributed by atoms with Crippen LogP contribution >= 0.6 is 11.3 Å². The number of carbonyl (C=O) groups is 2. The molecule has 3 aliphatic rings. The number of methoxy groups -OCH3 is 1. The minimum atomic E-state index is -0.0510. The Labute approximate surface area is 216 Å². The van der Waals surface area contributed by atoms with Crippen molar-refractivity contribution in [1.29, 1.82) is 0 Å². The number of amides is 2. The smallest absolute Gasteiger partial charge is 0.267 e. The van der Waals surface area contributed by atoms with Gasteiger partial charge in [0.05, 0.1) is 25.9 Å². The standard InChI is InChI=1S/C28H35N3O4S/c1-28(2,3)17-29-26(32)22-16-21(24-6-5-13-36-24)25-19-15-20(27(33)30-9-11-35-12-10-30)23(34-4)14-18(19)7-8-31(22)25/h5-6,13-16,18-19H,7-12,17H2,1-4H3,(H,29,32). The van der Waals surface area contributed by atoms with Crippen molar-refractivity contribution in [3.8, 4) is 10.4 Å². The van der Waals surface area contributed by atoms with Crippen molar-refractivity contribution < 1.29 is 19.1 Å². The van der Waals surface area contributed by atoms with Crippen LogP contribution in [-0.4, -0.2) is 61.2 Å². The SMILES string of the molecule is COC1=CC2CCn3c(C(=O)NCC(C)(C)C)cc(-c4cccs4)c3C2C=C1C(=O)N1CCOCC1. The van der Waals surface area contributed by atoms with Gasteiger partial charge in [-0.15, -0.1) is 11.3 Å². The lowest BCUT2D eigenvalue weighted by molar-refractivity contribution is -0.131. The molecule has 0 bridgehead atoms. The van der Waals surface area contributed by atoms with E-state index in [1.807, 2.05) is 17.0 Å². The number of morpholine rings is 1. The average Bonchev–Trinajstić information content (AvgIpc) is 3.54. The third-order valence-electron chi connectivity index (χ3n) is 7.13. The van der Waals surface area contributed by atoms with E-state index in [-0.39, 0.29) is 29.1 Å². The summed E-state index contributed by atoms with van der Waals surface area (Å²) in [6.45, 7) is 9.95. The van der Waals surface area contributed by atoms with Gasteiger partial charge in [0.2, 0.25) is 0 Å². The third kappa shape index (κ3) is 4.76. The molecule has 7 nitrogen and oxygen atoms in total. The predicted molar refractivity (Wildman–Crippen MR) is 141 cm³/mol. The first kappa shape index (κ1) is 24.8. The van der Waals surface area contributed by atoms with Gasteiger partial charge in [0.15, 0.2) is 0 Å². The molecule has 0 radical (unpaired) electrons. The summed E-state index contributed by atoms with van der Waals surface area (Å²) in [5.74, 6) is 0.763. The maximum absolute atomic E-state index is 13.5. The van der Waals surface area contributed by atoms with Crippen LogP contribution in [0.4, 0.5) is 0 Å². The predicted octanol–water partition coefficient (Wildman–Crippen LogP) is 4.43. The van der Waals surface area contributed by atoms with E-state index in [1.165, 1.54) is 0 Å². The van der Waals surface area contributed by atoms with Gasteiger partial charge >= 0.3 is 0 Å². The van der Waals surface area contributed by atoms with Crippen LogP contribution < -0.4 is 5.32 Å². The topological polar surface area (TPSA) is 72.8 Å². The van der Waals surface area contributed by atoms with Gasteiger partial charge in [-0.05, 0) is 41.3 Å². The summed E-state index contributed by atoms with van der Waals surface area (Å²) < 4.78 is 13.3. The normalized spacial score (nSPS) is 21.7. The molecule has 2 amide bonds. The fourth-order valence-corrected chi connectivity index (χ4v) is 6.06. The van der Waals surface area contributed by atoms with E-state index in [9.17, 15) is 9.59 Å². The fourth-order valence-electron chi connectivity index (χ4n) is 5.30. The first-order valence-electron chi connectivity index (χ1n) is 12.7. The van der Waals surface area contributed by atoms with Crippen LogP contribution in [0.15, 0.2) is 47.1 Å². The van der Waals surface area contributed by atoms with Gasteiger partial charge in [0.25, 0.3) is 11.8 Å². The molecule has 8 heteroatoms. The molecule has 0 aromatic carbocycles. The van der Waals surface area contributed by atoms with Gasteiger partial charge in [-0.1, -0.05) is 32.9 Å². The largest absolute Gasteiger partial charge is 0.496 e. The molecule has 0 spiro atoms. The zero-order valence-electron chi connectivity index (χ0n) is 21.5. The molecule has 1 N–H and O–H groups in total. The molecule has 5 rings (SSSR count). The number of thiophene rings is 1. The lowest BCUT2D eigenvalue weighted by Gasteiger charge is -2.36. The number of nitrogens with one attached hydrogen (secondary N) is 1. The maximum atomic E-state index is 13.5. The first-order chi connectivity index (χ1) is 17.3. The van der Waals surface area contributed by atoms with E-state index in [1.54, 1.807) is 18.4 Å². The second kappa shape index (κ2) is 9.90. The molecule has 192 valence electrons. The van der Waals surface area contributed by atoms with Crippen LogP contribution in [0.1, 0.15) is 49.3 Å². The number of rotatable bonds is 5.